The quantitative estimate of drug-likeness (QED) is 0.396. The molecular formula is C12H19N5O5. The van der Waals surface area contributed by atoms with Gasteiger partial charge in [0.15, 0.2) is 17.7 Å². The first-order valence-electron chi connectivity index (χ1n) is 6.82. The van der Waals surface area contributed by atoms with Gasteiger partial charge < -0.3 is 30.3 Å². The highest BCUT2D eigenvalue weighted by molar-refractivity contribution is 5.99. The minimum absolute atomic E-state index is 0.142. The maximum atomic E-state index is 12.1. The standard InChI is InChI=1S/C12H19N5O5/c1-12(13)15-9(21)6-10(16(12)2)17(4-14-6)11-8(20)7(19)5(3-18)22-11/h4-5,7-8,11,18-20H,3,13H2,1-2H3,(H,15,21)/t5-,7-,8-,11-,12?/m1/s1. The summed E-state index contributed by atoms with van der Waals surface area (Å²) >= 11 is 0. The number of aromatic nitrogens is 2. The van der Waals surface area contributed by atoms with Gasteiger partial charge in [-0.3, -0.25) is 15.1 Å². The molecule has 6 N–H and O–H groups in total. The van der Waals surface area contributed by atoms with E-state index in [1.54, 1.807) is 18.9 Å². The van der Waals surface area contributed by atoms with Crippen LogP contribution in [0.2, 0.25) is 0 Å². The van der Waals surface area contributed by atoms with E-state index in [2.05, 4.69) is 10.3 Å². The molecule has 0 radical (unpaired) electrons. The van der Waals surface area contributed by atoms with Crippen LogP contribution in [0.4, 0.5) is 5.82 Å². The fourth-order valence-corrected chi connectivity index (χ4v) is 2.74. The number of hydrogen-bond donors (Lipinski definition) is 5. The first-order chi connectivity index (χ1) is 10.3. The number of imidazole rings is 1. The predicted octanol–water partition coefficient (Wildman–Crippen LogP) is -2.69. The van der Waals surface area contributed by atoms with Crippen molar-refractivity contribution in [3.8, 4) is 0 Å². The van der Waals surface area contributed by atoms with Crippen molar-refractivity contribution in [3.63, 3.8) is 0 Å². The van der Waals surface area contributed by atoms with Gasteiger partial charge in [0.1, 0.15) is 24.1 Å². The summed E-state index contributed by atoms with van der Waals surface area (Å²) < 4.78 is 6.90. The molecule has 0 aromatic carbocycles. The van der Waals surface area contributed by atoms with Crippen molar-refractivity contribution in [1.29, 1.82) is 0 Å². The summed E-state index contributed by atoms with van der Waals surface area (Å²) in [5.41, 5.74) is 6.17. The Hall–Kier alpha value is -1.72. The van der Waals surface area contributed by atoms with Gasteiger partial charge in [0.25, 0.3) is 5.91 Å². The molecule has 10 heteroatoms. The fourth-order valence-electron chi connectivity index (χ4n) is 2.74. The number of fused-ring (bicyclic) bond motifs is 1. The number of hydrogen-bond acceptors (Lipinski definition) is 8. The maximum absolute atomic E-state index is 12.1. The van der Waals surface area contributed by atoms with Crippen molar-refractivity contribution in [2.45, 2.75) is 37.3 Å². The van der Waals surface area contributed by atoms with Crippen LogP contribution >= 0.6 is 0 Å². The number of ether oxygens (including phenoxy) is 1. The SMILES string of the molecule is CN1c2c(ncn2[C@@H]2O[C@H](CO)[C@@H](O)[C@H]2O)C(=O)NC1(C)N. The number of aliphatic hydroxyl groups is 3. The third-order valence-electron chi connectivity index (χ3n) is 4.16. The maximum Gasteiger partial charge on any atom is 0.276 e. The summed E-state index contributed by atoms with van der Waals surface area (Å²) in [5, 5.41) is 31.8. The second kappa shape index (κ2) is 4.89. The largest absolute Gasteiger partial charge is 0.394 e. The molecule has 1 aromatic heterocycles. The van der Waals surface area contributed by atoms with Crippen LogP contribution in [0.1, 0.15) is 23.6 Å². The molecule has 22 heavy (non-hydrogen) atoms. The van der Waals surface area contributed by atoms with Crippen molar-refractivity contribution in [3.05, 3.63) is 12.0 Å². The van der Waals surface area contributed by atoms with Crippen molar-refractivity contribution in [2.24, 2.45) is 5.73 Å². The Labute approximate surface area is 126 Å². The Balaban J connectivity index is 2.03. The van der Waals surface area contributed by atoms with Crippen LogP contribution in [-0.4, -0.2) is 68.5 Å². The zero-order valence-electron chi connectivity index (χ0n) is 12.2. The lowest BCUT2D eigenvalue weighted by Gasteiger charge is -2.41. The number of carbonyl (C=O) groups is 1. The molecular weight excluding hydrogens is 294 g/mol. The lowest BCUT2D eigenvalue weighted by molar-refractivity contribution is -0.0523. The number of nitrogens with zero attached hydrogens (tertiary/aromatic N) is 3. The third kappa shape index (κ3) is 2.00. The van der Waals surface area contributed by atoms with Gasteiger partial charge in [-0.2, -0.15) is 0 Å². The number of aliphatic hydroxyl groups excluding tert-OH is 3. The molecule has 3 rings (SSSR count). The van der Waals surface area contributed by atoms with Crippen molar-refractivity contribution in [1.82, 2.24) is 14.9 Å². The molecule has 0 aliphatic carbocycles. The van der Waals surface area contributed by atoms with Gasteiger partial charge in [-0.25, -0.2) is 4.98 Å². The van der Waals surface area contributed by atoms with Gasteiger partial charge >= 0.3 is 0 Å². The summed E-state index contributed by atoms with van der Waals surface area (Å²) in [6.45, 7) is 1.18. The minimum Gasteiger partial charge on any atom is -0.394 e. The van der Waals surface area contributed by atoms with Gasteiger partial charge in [-0.05, 0) is 6.92 Å². The lowest BCUT2D eigenvalue weighted by atomic mass is 10.1. The molecule has 1 fully saturated rings. The van der Waals surface area contributed by atoms with Crippen LogP contribution in [0.3, 0.4) is 0 Å². The van der Waals surface area contributed by atoms with Gasteiger partial charge in [0.2, 0.25) is 0 Å². The Morgan fingerprint density at radius 2 is 2.18 bits per heavy atom. The molecule has 1 unspecified atom stereocenters. The van der Waals surface area contributed by atoms with E-state index in [0.29, 0.717) is 5.82 Å². The number of nitrogens with one attached hydrogen (secondary N) is 1. The van der Waals surface area contributed by atoms with E-state index in [1.165, 1.54) is 10.9 Å². The van der Waals surface area contributed by atoms with Crippen molar-refractivity contribution in [2.75, 3.05) is 18.6 Å². The van der Waals surface area contributed by atoms with Gasteiger partial charge in [-0.15, -0.1) is 0 Å². The van der Waals surface area contributed by atoms with Crippen LogP contribution < -0.4 is 16.0 Å². The average molecular weight is 313 g/mol. The third-order valence-corrected chi connectivity index (χ3v) is 4.16. The van der Waals surface area contributed by atoms with E-state index in [9.17, 15) is 15.0 Å². The van der Waals surface area contributed by atoms with E-state index in [4.69, 9.17) is 15.6 Å². The zero-order valence-corrected chi connectivity index (χ0v) is 12.2. The van der Waals surface area contributed by atoms with Crippen LogP contribution in [0.25, 0.3) is 0 Å². The van der Waals surface area contributed by atoms with Crippen LogP contribution in [0.15, 0.2) is 6.33 Å². The molecule has 0 spiro atoms. The first kappa shape index (κ1) is 15.2. The summed E-state index contributed by atoms with van der Waals surface area (Å²) in [5.74, 6) is -1.22. The second-order valence-corrected chi connectivity index (χ2v) is 5.71. The van der Waals surface area contributed by atoms with E-state index in [-0.39, 0.29) is 5.69 Å². The molecule has 5 atom stereocenters. The molecule has 3 heterocycles. The number of carbonyl (C=O) groups excluding carboxylic acids is 1. The molecule has 0 bridgehead atoms. The van der Waals surface area contributed by atoms with E-state index >= 15 is 0 Å². The molecule has 10 nitrogen and oxygen atoms in total. The number of nitrogens with two attached hydrogens (primary N) is 1. The van der Waals surface area contributed by atoms with Crippen LogP contribution in [0, 0.1) is 0 Å². The van der Waals surface area contributed by atoms with Gasteiger partial charge in [0, 0.05) is 7.05 Å². The van der Waals surface area contributed by atoms with Crippen molar-refractivity contribution >= 4 is 11.7 Å². The summed E-state index contributed by atoms with van der Waals surface area (Å²) in [4.78, 5) is 17.7. The van der Waals surface area contributed by atoms with E-state index in [0.717, 1.165) is 0 Å². The molecule has 0 saturated carbocycles. The number of rotatable bonds is 2. The Bertz CT molecular complexity index is 603. The van der Waals surface area contributed by atoms with E-state index < -0.39 is 42.8 Å². The highest BCUT2D eigenvalue weighted by atomic mass is 16.6. The van der Waals surface area contributed by atoms with E-state index in [1.807, 2.05) is 0 Å². The second-order valence-electron chi connectivity index (χ2n) is 5.71. The van der Waals surface area contributed by atoms with Crippen molar-refractivity contribution < 1.29 is 24.9 Å². The number of amides is 1. The normalized spacial score (nSPS) is 38.1. The average Bonchev–Trinajstić information content (AvgIpc) is 3.00. The Morgan fingerprint density at radius 1 is 1.50 bits per heavy atom. The first-order valence-corrected chi connectivity index (χ1v) is 6.82. The fraction of sp³-hybridized carbons (Fsp3) is 0.667. The Morgan fingerprint density at radius 3 is 2.77 bits per heavy atom. The zero-order chi connectivity index (χ0) is 16.2. The highest BCUT2D eigenvalue weighted by Crippen LogP contribution is 2.36. The van der Waals surface area contributed by atoms with Gasteiger partial charge in [0.05, 0.1) is 12.9 Å². The molecule has 2 aliphatic rings. The summed E-state index contributed by atoms with van der Waals surface area (Å²) in [6, 6.07) is 0. The minimum atomic E-state index is -1.27. The predicted molar refractivity (Wildman–Crippen MR) is 73.7 cm³/mol. The molecule has 122 valence electrons. The van der Waals surface area contributed by atoms with Crippen LogP contribution in [0.5, 0.6) is 0 Å². The monoisotopic (exact) mass is 313 g/mol. The molecule has 1 saturated heterocycles. The summed E-state index contributed by atoms with van der Waals surface area (Å²) in [6.07, 6.45) is -3.06. The van der Waals surface area contributed by atoms with Gasteiger partial charge in [-0.1, -0.05) is 0 Å². The number of anilines is 1. The summed E-state index contributed by atoms with van der Waals surface area (Å²) in [7, 11) is 1.66. The molecule has 1 aromatic rings. The van der Waals surface area contributed by atoms with Crippen LogP contribution in [-0.2, 0) is 4.74 Å². The smallest absolute Gasteiger partial charge is 0.276 e. The highest BCUT2D eigenvalue weighted by Gasteiger charge is 2.47. The molecule has 2 aliphatic heterocycles. The topological polar surface area (TPSA) is 146 Å². The molecule has 1 amide bonds. The Kier molecular flexibility index (Phi) is 3.38. The lowest BCUT2D eigenvalue weighted by Crippen LogP contribution is -2.67.